The van der Waals surface area contributed by atoms with Gasteiger partial charge < -0.3 is 4.74 Å². The zero-order valence-corrected chi connectivity index (χ0v) is 11.7. The highest BCUT2D eigenvalue weighted by atomic mass is 35.5. The Morgan fingerprint density at radius 1 is 1.26 bits per heavy atom. The van der Waals surface area contributed by atoms with E-state index in [4.69, 9.17) is 27.9 Å². The van der Waals surface area contributed by atoms with E-state index in [0.717, 1.165) is 0 Å². The average Bonchev–Trinajstić information content (AvgIpc) is 2.34. The zero-order chi connectivity index (χ0) is 13.8. The second kappa shape index (κ2) is 6.28. The Balaban J connectivity index is 2.33. The van der Waals surface area contributed by atoms with Gasteiger partial charge in [-0.15, -0.1) is 0 Å². The first-order valence-electron chi connectivity index (χ1n) is 5.54. The molecule has 0 unspecified atom stereocenters. The third-order valence-corrected chi connectivity index (χ3v) is 3.03. The van der Waals surface area contributed by atoms with E-state index in [2.05, 4.69) is 9.97 Å². The maximum absolute atomic E-state index is 13.7. The summed E-state index contributed by atoms with van der Waals surface area (Å²) in [5.74, 6) is 0.0240. The molecule has 0 aliphatic carbocycles. The van der Waals surface area contributed by atoms with Crippen molar-refractivity contribution in [3.63, 3.8) is 0 Å². The topological polar surface area (TPSA) is 35.0 Å². The fourth-order valence-corrected chi connectivity index (χ4v) is 2.13. The van der Waals surface area contributed by atoms with Crippen LogP contribution in [0, 0.1) is 5.82 Å². The molecule has 1 heterocycles. The molecule has 2 aromatic rings. The molecule has 2 rings (SSSR count). The Bertz CT molecular complexity index is 573. The molecule has 3 nitrogen and oxygen atoms in total. The van der Waals surface area contributed by atoms with E-state index in [1.807, 2.05) is 0 Å². The summed E-state index contributed by atoms with van der Waals surface area (Å²) < 4.78 is 18.7. The highest BCUT2D eigenvalue weighted by Crippen LogP contribution is 2.21. The van der Waals surface area contributed by atoms with Gasteiger partial charge in [-0.1, -0.05) is 29.3 Å². The van der Waals surface area contributed by atoms with Gasteiger partial charge in [0.2, 0.25) is 0 Å². The third kappa shape index (κ3) is 3.62. The normalized spacial score (nSPS) is 10.7. The smallest absolute Gasteiger partial charge is 0.134 e. The van der Waals surface area contributed by atoms with Crippen molar-refractivity contribution in [2.45, 2.75) is 13.0 Å². The van der Waals surface area contributed by atoms with Crippen LogP contribution in [0.5, 0.6) is 0 Å². The molecule has 19 heavy (non-hydrogen) atoms. The van der Waals surface area contributed by atoms with Crippen molar-refractivity contribution in [3.8, 4) is 0 Å². The summed E-state index contributed by atoms with van der Waals surface area (Å²) in [4.78, 5) is 8.32. The molecule has 0 fully saturated rings. The van der Waals surface area contributed by atoms with Crippen LogP contribution in [-0.4, -0.2) is 17.1 Å². The summed E-state index contributed by atoms with van der Waals surface area (Å²) in [6.45, 7) is 0.320. The van der Waals surface area contributed by atoms with Crippen LogP contribution >= 0.6 is 23.2 Å². The zero-order valence-electron chi connectivity index (χ0n) is 10.2. The van der Waals surface area contributed by atoms with Gasteiger partial charge in [0.05, 0.1) is 12.3 Å². The monoisotopic (exact) mass is 300 g/mol. The number of rotatable bonds is 4. The summed E-state index contributed by atoms with van der Waals surface area (Å²) in [7, 11) is 1.56. The molecule has 0 amide bonds. The Labute approximate surface area is 120 Å². The van der Waals surface area contributed by atoms with Gasteiger partial charge in [-0.2, -0.15) is 0 Å². The lowest BCUT2D eigenvalue weighted by atomic mass is 10.1. The number of methoxy groups -OCH3 is 1. The molecule has 0 spiro atoms. The Kier molecular flexibility index (Phi) is 4.69. The number of benzene rings is 1. The van der Waals surface area contributed by atoms with Crippen LogP contribution in [0.4, 0.5) is 4.39 Å². The lowest BCUT2D eigenvalue weighted by molar-refractivity contribution is 0.181. The number of nitrogens with zero attached hydrogens (tertiary/aromatic N) is 2. The van der Waals surface area contributed by atoms with Crippen molar-refractivity contribution in [2.24, 2.45) is 0 Å². The summed E-state index contributed by atoms with van der Waals surface area (Å²) in [5, 5.41) is 0.640. The minimum atomic E-state index is -0.385. The van der Waals surface area contributed by atoms with Crippen LogP contribution in [0.15, 0.2) is 24.3 Å². The Morgan fingerprint density at radius 3 is 2.74 bits per heavy atom. The SMILES string of the molecule is COCc1cc(Cl)nc(Cc2c(F)cccc2Cl)n1. The van der Waals surface area contributed by atoms with Crippen LogP contribution in [-0.2, 0) is 17.8 Å². The van der Waals surface area contributed by atoms with Crippen molar-refractivity contribution in [2.75, 3.05) is 7.11 Å². The fourth-order valence-electron chi connectivity index (χ4n) is 1.68. The van der Waals surface area contributed by atoms with Gasteiger partial charge in [-0.3, -0.25) is 0 Å². The van der Waals surface area contributed by atoms with E-state index in [1.165, 1.54) is 6.07 Å². The maximum Gasteiger partial charge on any atom is 0.134 e. The van der Waals surface area contributed by atoms with Crippen molar-refractivity contribution in [1.29, 1.82) is 0 Å². The Hall–Kier alpha value is -1.23. The number of hydrogen-bond acceptors (Lipinski definition) is 3. The van der Waals surface area contributed by atoms with E-state index in [9.17, 15) is 4.39 Å². The predicted molar refractivity (Wildman–Crippen MR) is 72.0 cm³/mol. The minimum Gasteiger partial charge on any atom is -0.378 e. The molecule has 1 aromatic carbocycles. The fraction of sp³-hybridized carbons (Fsp3) is 0.231. The van der Waals surface area contributed by atoms with Crippen LogP contribution in [0.1, 0.15) is 17.1 Å². The molecule has 0 radical (unpaired) electrons. The number of hydrogen-bond donors (Lipinski definition) is 0. The average molecular weight is 301 g/mol. The molecule has 100 valence electrons. The van der Waals surface area contributed by atoms with Gasteiger partial charge in [0.1, 0.15) is 16.8 Å². The van der Waals surface area contributed by atoms with Crippen LogP contribution in [0.3, 0.4) is 0 Å². The number of halogens is 3. The molecule has 0 aliphatic heterocycles. The van der Waals surface area contributed by atoms with E-state index < -0.39 is 0 Å². The summed E-state index contributed by atoms with van der Waals surface area (Å²) in [6.07, 6.45) is 0.183. The highest BCUT2D eigenvalue weighted by molar-refractivity contribution is 6.31. The van der Waals surface area contributed by atoms with Gasteiger partial charge >= 0.3 is 0 Å². The molecular weight excluding hydrogens is 290 g/mol. The molecule has 0 N–H and O–H groups in total. The molecule has 6 heteroatoms. The van der Waals surface area contributed by atoms with Crippen molar-refractivity contribution < 1.29 is 9.13 Å². The lowest BCUT2D eigenvalue weighted by Gasteiger charge is -2.07. The number of aromatic nitrogens is 2. The highest BCUT2D eigenvalue weighted by Gasteiger charge is 2.11. The minimum absolute atomic E-state index is 0.183. The van der Waals surface area contributed by atoms with Gasteiger partial charge in [-0.05, 0) is 18.2 Å². The second-order valence-corrected chi connectivity index (χ2v) is 4.70. The molecule has 0 atom stereocenters. The van der Waals surface area contributed by atoms with Crippen molar-refractivity contribution >= 4 is 23.2 Å². The van der Waals surface area contributed by atoms with E-state index in [0.29, 0.717) is 33.9 Å². The number of ether oxygens (including phenoxy) is 1. The first kappa shape index (κ1) is 14.2. The van der Waals surface area contributed by atoms with Crippen molar-refractivity contribution in [1.82, 2.24) is 9.97 Å². The van der Waals surface area contributed by atoms with Crippen LogP contribution in [0.25, 0.3) is 0 Å². The lowest BCUT2D eigenvalue weighted by Crippen LogP contribution is -2.03. The van der Waals surface area contributed by atoms with Gasteiger partial charge in [0.15, 0.2) is 0 Å². The predicted octanol–water partition coefficient (Wildman–Crippen LogP) is 3.66. The molecule has 0 bridgehead atoms. The third-order valence-electron chi connectivity index (χ3n) is 2.48. The summed E-state index contributed by atoms with van der Waals surface area (Å²) in [5.41, 5.74) is 1.000. The van der Waals surface area contributed by atoms with Gasteiger partial charge in [0.25, 0.3) is 0 Å². The standard InChI is InChI=1S/C13H11Cl2FN2O/c1-19-7-8-5-12(15)18-13(17-8)6-9-10(14)3-2-4-11(9)16/h2-5H,6-7H2,1H3. The summed E-state index contributed by atoms with van der Waals surface area (Å²) >= 11 is 11.9. The van der Waals surface area contributed by atoms with E-state index in [1.54, 1.807) is 25.3 Å². The Morgan fingerprint density at radius 2 is 2.05 bits per heavy atom. The summed E-state index contributed by atoms with van der Waals surface area (Å²) in [6, 6.07) is 6.14. The second-order valence-electron chi connectivity index (χ2n) is 3.91. The van der Waals surface area contributed by atoms with Gasteiger partial charge in [0, 0.05) is 24.1 Å². The van der Waals surface area contributed by atoms with E-state index in [-0.39, 0.29) is 12.2 Å². The van der Waals surface area contributed by atoms with Crippen molar-refractivity contribution in [3.05, 3.63) is 57.3 Å². The largest absolute Gasteiger partial charge is 0.378 e. The molecule has 0 saturated heterocycles. The van der Waals surface area contributed by atoms with E-state index >= 15 is 0 Å². The van der Waals surface area contributed by atoms with Crippen LogP contribution < -0.4 is 0 Å². The van der Waals surface area contributed by atoms with Gasteiger partial charge in [-0.25, -0.2) is 14.4 Å². The van der Waals surface area contributed by atoms with Crippen LogP contribution in [0.2, 0.25) is 10.2 Å². The first-order valence-corrected chi connectivity index (χ1v) is 6.30. The molecule has 1 aromatic heterocycles. The molecule has 0 aliphatic rings. The molecule has 0 saturated carbocycles. The first-order chi connectivity index (χ1) is 9.10. The molecular formula is C13H11Cl2FN2O. The maximum atomic E-state index is 13.7. The quantitative estimate of drug-likeness (QED) is 0.808.